The molecule has 100 valence electrons. The molecular weight excluding hydrogens is 250 g/mol. The van der Waals surface area contributed by atoms with Gasteiger partial charge < -0.3 is 0 Å². The van der Waals surface area contributed by atoms with Gasteiger partial charge in [0, 0.05) is 30.7 Å². The number of ketones is 1. The fourth-order valence-corrected chi connectivity index (χ4v) is 2.37. The topological polar surface area (TPSA) is 47.8 Å². The van der Waals surface area contributed by atoms with Crippen LogP contribution in [0, 0.1) is 0 Å². The fraction of sp³-hybridized carbons (Fsp3) is 0.188. The molecule has 0 atom stereocenters. The van der Waals surface area contributed by atoms with Crippen molar-refractivity contribution in [2.45, 2.75) is 12.8 Å². The number of aryl methyl sites for hydroxylation is 1. The average molecular weight is 265 g/mol. The summed E-state index contributed by atoms with van der Waals surface area (Å²) in [5, 5.41) is 5.49. The first-order valence-electron chi connectivity index (χ1n) is 6.56. The molecule has 0 unspecified atom stereocenters. The zero-order valence-electron chi connectivity index (χ0n) is 11.3. The quantitative estimate of drug-likeness (QED) is 0.727. The van der Waals surface area contributed by atoms with Gasteiger partial charge in [0.2, 0.25) is 0 Å². The minimum Gasteiger partial charge on any atom is -0.299 e. The lowest BCUT2D eigenvalue weighted by Gasteiger charge is -1.99. The molecule has 0 amide bonds. The van der Waals surface area contributed by atoms with Crippen LogP contribution >= 0.6 is 0 Å². The Morgan fingerprint density at radius 3 is 2.70 bits per heavy atom. The maximum Gasteiger partial charge on any atom is 0.144 e. The van der Waals surface area contributed by atoms with Crippen LogP contribution in [-0.2, 0) is 24.7 Å². The van der Waals surface area contributed by atoms with Crippen molar-refractivity contribution in [3.05, 3.63) is 60.0 Å². The number of nitrogens with zero attached hydrogens (tertiary/aromatic N) is 3. The van der Waals surface area contributed by atoms with Crippen molar-refractivity contribution in [2.24, 2.45) is 7.05 Å². The molecule has 0 N–H and O–H groups in total. The van der Waals surface area contributed by atoms with Crippen molar-refractivity contribution in [1.29, 1.82) is 0 Å². The van der Waals surface area contributed by atoms with Gasteiger partial charge in [-0.05, 0) is 18.2 Å². The highest BCUT2D eigenvalue weighted by atomic mass is 16.1. The highest BCUT2D eigenvalue weighted by Gasteiger charge is 2.12. The Kier molecular flexibility index (Phi) is 3.29. The second-order valence-corrected chi connectivity index (χ2v) is 4.80. The predicted molar refractivity (Wildman–Crippen MR) is 77.4 cm³/mol. The van der Waals surface area contributed by atoms with Crippen molar-refractivity contribution >= 4 is 16.7 Å². The number of hydrogen-bond acceptors (Lipinski definition) is 3. The van der Waals surface area contributed by atoms with Gasteiger partial charge in [0.15, 0.2) is 0 Å². The second-order valence-electron chi connectivity index (χ2n) is 4.80. The third kappa shape index (κ3) is 2.45. The monoisotopic (exact) mass is 265 g/mol. The van der Waals surface area contributed by atoms with E-state index in [1.165, 1.54) is 0 Å². The van der Waals surface area contributed by atoms with E-state index < -0.39 is 0 Å². The molecule has 4 heteroatoms. The van der Waals surface area contributed by atoms with Crippen LogP contribution in [0.4, 0.5) is 0 Å². The molecule has 0 fully saturated rings. The Bertz CT molecular complexity index is 747. The molecule has 0 spiro atoms. The number of para-hydroxylation sites is 1. The van der Waals surface area contributed by atoms with Crippen LogP contribution in [-0.4, -0.2) is 20.5 Å². The maximum atomic E-state index is 12.1. The SMILES string of the molecule is Cn1nc(CC(=O)Cc2ccccn2)c2ccccc21. The zero-order valence-corrected chi connectivity index (χ0v) is 11.3. The standard InChI is InChI=1S/C16H15N3O/c1-19-16-8-3-2-7-14(16)15(18-19)11-13(20)10-12-6-4-5-9-17-12/h2-9H,10-11H2,1H3. The molecule has 0 saturated carbocycles. The van der Waals surface area contributed by atoms with Crippen LogP contribution in [0.5, 0.6) is 0 Å². The van der Waals surface area contributed by atoms with Crippen molar-refractivity contribution in [1.82, 2.24) is 14.8 Å². The van der Waals surface area contributed by atoms with Gasteiger partial charge in [-0.2, -0.15) is 5.10 Å². The van der Waals surface area contributed by atoms with E-state index >= 15 is 0 Å². The van der Waals surface area contributed by atoms with E-state index in [4.69, 9.17) is 0 Å². The molecule has 3 rings (SSSR count). The van der Waals surface area contributed by atoms with Gasteiger partial charge in [-0.3, -0.25) is 14.5 Å². The van der Waals surface area contributed by atoms with Crippen LogP contribution in [0.1, 0.15) is 11.4 Å². The lowest BCUT2D eigenvalue weighted by molar-refractivity contribution is -0.117. The van der Waals surface area contributed by atoms with Crippen LogP contribution in [0.3, 0.4) is 0 Å². The summed E-state index contributed by atoms with van der Waals surface area (Å²) in [4.78, 5) is 16.3. The van der Waals surface area contributed by atoms with Crippen molar-refractivity contribution in [3.8, 4) is 0 Å². The number of benzene rings is 1. The molecule has 1 aromatic carbocycles. The number of hydrogen-bond donors (Lipinski definition) is 0. The molecule has 0 radical (unpaired) electrons. The number of carbonyl (C=O) groups excluding carboxylic acids is 1. The van der Waals surface area contributed by atoms with Gasteiger partial charge in [-0.15, -0.1) is 0 Å². The first-order valence-corrected chi connectivity index (χ1v) is 6.56. The highest BCUT2D eigenvalue weighted by molar-refractivity contribution is 5.89. The zero-order chi connectivity index (χ0) is 13.9. The first-order chi connectivity index (χ1) is 9.74. The summed E-state index contributed by atoms with van der Waals surface area (Å²) in [5.74, 6) is 0.132. The van der Waals surface area contributed by atoms with E-state index in [2.05, 4.69) is 10.1 Å². The summed E-state index contributed by atoms with van der Waals surface area (Å²) in [6.07, 6.45) is 2.41. The van der Waals surface area contributed by atoms with Gasteiger partial charge >= 0.3 is 0 Å². The van der Waals surface area contributed by atoms with Crippen LogP contribution in [0.25, 0.3) is 10.9 Å². The van der Waals surface area contributed by atoms with Crippen molar-refractivity contribution < 1.29 is 4.79 Å². The maximum absolute atomic E-state index is 12.1. The molecule has 0 aliphatic carbocycles. The van der Waals surface area contributed by atoms with E-state index in [0.717, 1.165) is 22.3 Å². The Morgan fingerprint density at radius 1 is 1.10 bits per heavy atom. The van der Waals surface area contributed by atoms with Gasteiger partial charge in [-0.25, -0.2) is 0 Å². The number of Topliss-reactive ketones (excluding diaryl/α,β-unsaturated/α-hetero) is 1. The average Bonchev–Trinajstić information content (AvgIpc) is 2.77. The second kappa shape index (κ2) is 5.25. The number of aromatic nitrogens is 3. The molecular formula is C16H15N3O. The van der Waals surface area contributed by atoms with Crippen molar-refractivity contribution in [3.63, 3.8) is 0 Å². The Morgan fingerprint density at radius 2 is 1.90 bits per heavy atom. The molecule has 0 bridgehead atoms. The molecule has 2 heterocycles. The van der Waals surface area contributed by atoms with Gasteiger partial charge in [0.05, 0.1) is 17.6 Å². The third-order valence-corrected chi connectivity index (χ3v) is 3.30. The molecule has 4 nitrogen and oxygen atoms in total. The van der Waals surface area contributed by atoms with E-state index in [9.17, 15) is 4.79 Å². The largest absolute Gasteiger partial charge is 0.299 e. The minimum absolute atomic E-state index is 0.132. The summed E-state index contributed by atoms with van der Waals surface area (Å²) in [6, 6.07) is 13.6. The summed E-state index contributed by atoms with van der Waals surface area (Å²) in [7, 11) is 1.90. The van der Waals surface area contributed by atoms with E-state index in [0.29, 0.717) is 12.8 Å². The molecule has 0 saturated heterocycles. The molecule has 2 aromatic heterocycles. The Balaban J connectivity index is 1.81. The third-order valence-electron chi connectivity index (χ3n) is 3.30. The first kappa shape index (κ1) is 12.5. The molecule has 20 heavy (non-hydrogen) atoms. The van der Waals surface area contributed by atoms with Crippen molar-refractivity contribution in [2.75, 3.05) is 0 Å². The summed E-state index contributed by atoms with van der Waals surface area (Å²) in [5.41, 5.74) is 2.69. The van der Waals surface area contributed by atoms with Crippen LogP contribution in [0.2, 0.25) is 0 Å². The lowest BCUT2D eigenvalue weighted by atomic mass is 10.1. The summed E-state index contributed by atoms with van der Waals surface area (Å²) >= 11 is 0. The number of rotatable bonds is 4. The Hall–Kier alpha value is -2.49. The van der Waals surface area contributed by atoms with E-state index in [-0.39, 0.29) is 5.78 Å². The normalized spacial score (nSPS) is 10.8. The van der Waals surface area contributed by atoms with Gasteiger partial charge in [-0.1, -0.05) is 24.3 Å². The van der Waals surface area contributed by atoms with Crippen LogP contribution < -0.4 is 0 Å². The predicted octanol–water partition coefficient (Wildman–Crippen LogP) is 2.32. The fourth-order valence-electron chi connectivity index (χ4n) is 2.37. The van der Waals surface area contributed by atoms with Gasteiger partial charge in [0.1, 0.15) is 5.78 Å². The van der Waals surface area contributed by atoms with Gasteiger partial charge in [0.25, 0.3) is 0 Å². The summed E-state index contributed by atoms with van der Waals surface area (Å²) < 4.78 is 1.82. The molecule has 0 aliphatic rings. The van der Waals surface area contributed by atoms with E-state index in [1.807, 2.05) is 54.2 Å². The highest BCUT2D eigenvalue weighted by Crippen LogP contribution is 2.18. The minimum atomic E-state index is 0.132. The number of carbonyl (C=O) groups is 1. The molecule has 3 aromatic rings. The summed E-state index contributed by atoms with van der Waals surface area (Å²) in [6.45, 7) is 0. The molecule has 0 aliphatic heterocycles. The van der Waals surface area contributed by atoms with E-state index in [1.54, 1.807) is 6.20 Å². The smallest absolute Gasteiger partial charge is 0.144 e. The number of fused-ring (bicyclic) bond motifs is 1. The number of pyridine rings is 1. The van der Waals surface area contributed by atoms with Crippen LogP contribution in [0.15, 0.2) is 48.7 Å². The lowest BCUT2D eigenvalue weighted by Crippen LogP contribution is -2.08. The Labute approximate surface area is 117 Å².